The maximum Gasteiger partial charge on any atom is 0.574 e. The van der Waals surface area contributed by atoms with Crippen LogP contribution in [0.25, 0.3) is 0 Å². The molecule has 2 heterocycles. The summed E-state index contributed by atoms with van der Waals surface area (Å²) in [6.07, 6.45) is 1.84. The monoisotopic (exact) mass is 253 g/mol. The first-order valence-electron chi connectivity index (χ1n) is 5.04. The zero-order valence-electron chi connectivity index (χ0n) is 8.60. The van der Waals surface area contributed by atoms with Gasteiger partial charge in [-0.05, 0) is 25.0 Å². The minimum absolute atomic E-state index is 0. The zero-order valence-corrected chi connectivity index (χ0v) is 8.60. The second kappa shape index (κ2) is 7.71. The lowest BCUT2D eigenvalue weighted by Crippen LogP contribution is -2.13. The largest absolute Gasteiger partial charge is 0.574 e. The number of furan rings is 1. The molecule has 0 aliphatic carbocycles. The Labute approximate surface area is 108 Å². The highest BCUT2D eigenvalue weighted by Crippen LogP contribution is 2.13. The van der Waals surface area contributed by atoms with Crippen molar-refractivity contribution in [2.45, 2.75) is 34.1 Å². The predicted molar refractivity (Wildman–Crippen MR) is 67.5 cm³/mol. The molecule has 0 saturated heterocycles. The molecule has 2 bridgehead atoms. The molecule has 1 aromatic heterocycles. The van der Waals surface area contributed by atoms with E-state index in [0.29, 0.717) is 13.0 Å². The summed E-state index contributed by atoms with van der Waals surface area (Å²) in [7, 11) is 0.994. The van der Waals surface area contributed by atoms with E-state index >= 15 is 0 Å². The first-order valence-corrected chi connectivity index (χ1v) is 5.04. The van der Waals surface area contributed by atoms with Gasteiger partial charge in [-0.1, -0.05) is 14.9 Å². The van der Waals surface area contributed by atoms with Crippen molar-refractivity contribution in [2.24, 2.45) is 0 Å². The Bertz CT molecular complexity index is 364. The summed E-state index contributed by atoms with van der Waals surface area (Å²) in [4.78, 5) is 22.9. The number of Topliss-reactive ketones (excluding diaryl/α,β-unsaturated/α-hetero) is 1. The highest BCUT2D eigenvalue weighted by molar-refractivity contribution is 6.23. The van der Waals surface area contributed by atoms with Gasteiger partial charge in [0, 0.05) is 13.0 Å². The molecular weight excluding hydrogens is 235 g/mol. The smallest absolute Gasteiger partial charge is 0.505 e. The molecule has 1 radical (unpaired) electrons. The maximum absolute atomic E-state index is 11.6. The summed E-state index contributed by atoms with van der Waals surface area (Å²) in [6, 6.07) is 2.90. The fraction of sp³-hybridized carbons (Fsp3) is 0.500. The summed E-state index contributed by atoms with van der Waals surface area (Å²) in [6.45, 7) is 0.430. The summed E-state index contributed by atoms with van der Waals surface area (Å²) in [5.41, 5.74) is 0. The molecular formula is C12H18BO5. The first kappa shape index (κ1) is 16.4. The van der Waals surface area contributed by atoms with E-state index in [1.165, 1.54) is 12.1 Å². The van der Waals surface area contributed by atoms with Crippen molar-refractivity contribution in [3.05, 3.63) is 23.7 Å². The van der Waals surface area contributed by atoms with E-state index in [-0.39, 0.29) is 32.2 Å². The van der Waals surface area contributed by atoms with Gasteiger partial charge in [-0.25, -0.2) is 4.79 Å². The number of carbonyl (C=O) groups excluding carboxylic acids is 2. The molecule has 0 atom stereocenters. The standard InChI is InChI=1S/C10H10BO5.2CH4/c12-7-3-1-2-6-14-11-16-10(13)9-5-4-8(7)15-9;;/h4-5H,1-3,6H2;2*1H4. The number of hydrogen-bond acceptors (Lipinski definition) is 5. The number of rotatable bonds is 0. The normalized spacial score (nSPS) is 16.0. The van der Waals surface area contributed by atoms with Crippen LogP contribution in [0.2, 0.25) is 0 Å². The third-order valence-corrected chi connectivity index (χ3v) is 2.22. The molecule has 0 amide bonds. The molecule has 0 saturated carbocycles. The van der Waals surface area contributed by atoms with E-state index in [1.54, 1.807) is 0 Å². The fourth-order valence-electron chi connectivity index (χ4n) is 1.38. The zero-order chi connectivity index (χ0) is 11.4. The Morgan fingerprint density at radius 1 is 1.06 bits per heavy atom. The van der Waals surface area contributed by atoms with E-state index in [1.807, 2.05) is 0 Å². The second-order valence-corrected chi connectivity index (χ2v) is 3.42. The van der Waals surface area contributed by atoms with Crippen molar-refractivity contribution in [1.29, 1.82) is 0 Å². The molecule has 0 aromatic carbocycles. The number of carbonyl (C=O) groups is 2. The van der Waals surface area contributed by atoms with Gasteiger partial charge < -0.3 is 13.7 Å². The van der Waals surface area contributed by atoms with Crippen LogP contribution in [-0.2, 0) is 9.31 Å². The second-order valence-electron chi connectivity index (χ2n) is 3.42. The highest BCUT2D eigenvalue weighted by Gasteiger charge is 2.18. The molecule has 0 unspecified atom stereocenters. The van der Waals surface area contributed by atoms with Crippen LogP contribution in [0.15, 0.2) is 16.5 Å². The predicted octanol–water partition coefficient (Wildman–Crippen LogP) is 2.63. The molecule has 2 rings (SSSR count). The van der Waals surface area contributed by atoms with Gasteiger partial charge in [0.2, 0.25) is 5.76 Å². The molecule has 18 heavy (non-hydrogen) atoms. The van der Waals surface area contributed by atoms with Gasteiger partial charge in [0.1, 0.15) is 0 Å². The Morgan fingerprint density at radius 2 is 1.78 bits per heavy atom. The maximum atomic E-state index is 11.6. The number of ketones is 1. The molecule has 1 aliphatic rings. The lowest BCUT2D eigenvalue weighted by Gasteiger charge is -2.04. The van der Waals surface area contributed by atoms with Crippen LogP contribution >= 0.6 is 0 Å². The van der Waals surface area contributed by atoms with Gasteiger partial charge >= 0.3 is 13.7 Å². The summed E-state index contributed by atoms with van der Waals surface area (Å²) >= 11 is 0. The van der Waals surface area contributed by atoms with Crippen LogP contribution in [-0.4, -0.2) is 26.0 Å². The van der Waals surface area contributed by atoms with Gasteiger partial charge in [0.25, 0.3) is 0 Å². The molecule has 0 N–H and O–H groups in total. The number of hydrogen-bond donors (Lipinski definition) is 0. The Hall–Kier alpha value is -1.56. The summed E-state index contributed by atoms with van der Waals surface area (Å²) in [5, 5.41) is 0. The van der Waals surface area contributed by atoms with E-state index in [4.69, 9.17) is 9.07 Å². The number of fused-ring (bicyclic) bond motifs is 2. The van der Waals surface area contributed by atoms with E-state index in [0.717, 1.165) is 20.5 Å². The van der Waals surface area contributed by atoms with Gasteiger partial charge in [-0.2, -0.15) is 0 Å². The van der Waals surface area contributed by atoms with Gasteiger partial charge in [0.05, 0.1) is 0 Å². The molecule has 5 nitrogen and oxygen atoms in total. The Morgan fingerprint density at radius 3 is 2.56 bits per heavy atom. The van der Waals surface area contributed by atoms with Crippen molar-refractivity contribution < 1.29 is 23.3 Å². The van der Waals surface area contributed by atoms with Gasteiger partial charge in [0.15, 0.2) is 11.5 Å². The minimum atomic E-state index is -0.667. The summed E-state index contributed by atoms with van der Waals surface area (Å²) in [5.74, 6) is -0.569. The topological polar surface area (TPSA) is 65.7 Å². The van der Waals surface area contributed by atoms with Gasteiger partial charge in [-0.15, -0.1) is 0 Å². The molecule has 0 spiro atoms. The van der Waals surface area contributed by atoms with E-state index < -0.39 is 5.97 Å². The fourth-order valence-corrected chi connectivity index (χ4v) is 1.38. The highest BCUT2D eigenvalue weighted by atomic mass is 16.6. The van der Waals surface area contributed by atoms with Crippen molar-refractivity contribution in [2.75, 3.05) is 6.61 Å². The third kappa shape index (κ3) is 4.03. The first-order chi connectivity index (χ1) is 7.77. The SMILES string of the molecule is C.C.O=C1CCCCO[B]OC(=O)c2ccc1o2. The molecule has 0 fully saturated rings. The van der Waals surface area contributed by atoms with Crippen LogP contribution in [0.4, 0.5) is 0 Å². The average molecular weight is 253 g/mol. The van der Waals surface area contributed by atoms with Crippen LogP contribution in [0.3, 0.4) is 0 Å². The van der Waals surface area contributed by atoms with Crippen molar-refractivity contribution in [3.8, 4) is 0 Å². The molecule has 1 aromatic rings. The van der Waals surface area contributed by atoms with Crippen molar-refractivity contribution in [1.82, 2.24) is 0 Å². The Kier molecular flexibility index (Phi) is 7.04. The molecule has 99 valence electrons. The quantitative estimate of drug-likeness (QED) is 0.665. The van der Waals surface area contributed by atoms with Gasteiger partial charge in [-0.3, -0.25) is 4.79 Å². The summed E-state index contributed by atoms with van der Waals surface area (Å²) < 4.78 is 14.7. The third-order valence-electron chi connectivity index (χ3n) is 2.22. The average Bonchev–Trinajstić information content (AvgIpc) is 2.75. The lowest BCUT2D eigenvalue weighted by atomic mass is 10.1. The van der Waals surface area contributed by atoms with E-state index in [2.05, 4.69) is 4.65 Å². The Balaban J connectivity index is 0.00000144. The van der Waals surface area contributed by atoms with Crippen LogP contribution in [0.5, 0.6) is 0 Å². The van der Waals surface area contributed by atoms with Crippen LogP contribution in [0, 0.1) is 0 Å². The molecule has 1 aliphatic heterocycles. The van der Waals surface area contributed by atoms with Crippen molar-refractivity contribution >= 4 is 19.4 Å². The van der Waals surface area contributed by atoms with Crippen LogP contribution < -0.4 is 0 Å². The minimum Gasteiger partial charge on any atom is -0.505 e. The van der Waals surface area contributed by atoms with Crippen molar-refractivity contribution in [3.63, 3.8) is 0 Å². The molecule has 6 heteroatoms. The lowest BCUT2D eigenvalue weighted by molar-refractivity contribution is 0.0661. The van der Waals surface area contributed by atoms with Crippen LogP contribution in [0.1, 0.15) is 55.2 Å². The van der Waals surface area contributed by atoms with E-state index in [9.17, 15) is 9.59 Å².